The first kappa shape index (κ1) is 20.1. The molecule has 2 aromatic rings. The van der Waals surface area contributed by atoms with Crippen molar-refractivity contribution in [3.8, 4) is 0 Å². The maximum atomic E-state index is 13.5. The summed E-state index contributed by atoms with van der Waals surface area (Å²) in [4.78, 5) is 16.1. The van der Waals surface area contributed by atoms with E-state index in [0.29, 0.717) is 6.04 Å². The molecule has 1 amide bonds. The lowest BCUT2D eigenvalue weighted by Crippen LogP contribution is -2.54. The Bertz CT molecular complexity index is 849. The third-order valence-corrected chi connectivity index (χ3v) is 6.97. The zero-order chi connectivity index (χ0) is 20.6. The third-order valence-electron chi connectivity index (χ3n) is 6.97. The van der Waals surface area contributed by atoms with E-state index in [4.69, 9.17) is 5.73 Å². The van der Waals surface area contributed by atoms with Crippen molar-refractivity contribution in [2.75, 3.05) is 6.54 Å². The van der Waals surface area contributed by atoms with Gasteiger partial charge in [-0.1, -0.05) is 48.5 Å². The van der Waals surface area contributed by atoms with E-state index in [1.54, 1.807) is 0 Å². The standard InChI is InChI=1S/C25H33N3O/c1-17-8-7-9-18(2)22(17)24(29)27-23(20-10-5-4-6-11-20)25-14-12-21(13-15-25)28(25)16-19(3)26/h4-11,19,21,23H,12-16,26H2,1-3H3,(H,27,29)/t19?,21?,23-,25?/m1/s1. The van der Waals surface area contributed by atoms with Gasteiger partial charge in [0.15, 0.2) is 0 Å². The van der Waals surface area contributed by atoms with Crippen LogP contribution in [0.25, 0.3) is 0 Å². The molecule has 2 fully saturated rings. The van der Waals surface area contributed by atoms with Crippen molar-refractivity contribution in [3.05, 3.63) is 70.8 Å². The van der Waals surface area contributed by atoms with Crippen LogP contribution in [-0.4, -0.2) is 35.0 Å². The van der Waals surface area contributed by atoms with Gasteiger partial charge in [-0.25, -0.2) is 0 Å². The van der Waals surface area contributed by atoms with Crippen molar-refractivity contribution < 1.29 is 4.79 Å². The summed E-state index contributed by atoms with van der Waals surface area (Å²) in [7, 11) is 0. The minimum Gasteiger partial charge on any atom is -0.343 e. The minimum absolute atomic E-state index is 0.0277. The van der Waals surface area contributed by atoms with E-state index in [-0.39, 0.29) is 23.5 Å². The first-order valence-electron chi connectivity index (χ1n) is 10.9. The number of carbonyl (C=O) groups excluding carboxylic acids is 1. The molecule has 2 aliphatic heterocycles. The van der Waals surface area contributed by atoms with Crippen molar-refractivity contribution in [3.63, 3.8) is 0 Å². The summed E-state index contributed by atoms with van der Waals surface area (Å²) in [5.74, 6) is 0.0277. The molecule has 4 nitrogen and oxygen atoms in total. The minimum atomic E-state index is -0.0497. The van der Waals surface area contributed by atoms with Crippen LogP contribution in [0.1, 0.15) is 65.7 Å². The molecule has 2 aliphatic rings. The zero-order valence-electron chi connectivity index (χ0n) is 17.8. The van der Waals surface area contributed by atoms with Crippen molar-refractivity contribution in [2.24, 2.45) is 5.73 Å². The summed E-state index contributed by atoms with van der Waals surface area (Å²) >= 11 is 0. The average Bonchev–Trinajstić information content (AvgIpc) is 3.21. The van der Waals surface area contributed by atoms with Gasteiger partial charge in [0, 0.05) is 29.7 Å². The molecule has 2 bridgehead atoms. The normalized spacial score (nSPS) is 25.7. The number of nitrogens with one attached hydrogen (secondary N) is 1. The lowest BCUT2D eigenvalue weighted by atomic mass is 9.78. The molecular weight excluding hydrogens is 358 g/mol. The second-order valence-electron chi connectivity index (χ2n) is 9.05. The maximum absolute atomic E-state index is 13.5. The van der Waals surface area contributed by atoms with E-state index in [1.807, 2.05) is 38.1 Å². The highest BCUT2D eigenvalue weighted by Gasteiger charge is 2.56. The Morgan fingerprint density at radius 2 is 1.72 bits per heavy atom. The molecule has 3 N–H and O–H groups in total. The molecule has 29 heavy (non-hydrogen) atoms. The lowest BCUT2D eigenvalue weighted by molar-refractivity contribution is 0.0767. The van der Waals surface area contributed by atoms with E-state index in [1.165, 1.54) is 18.4 Å². The second-order valence-corrected chi connectivity index (χ2v) is 9.05. The summed E-state index contributed by atoms with van der Waals surface area (Å²) in [6, 6.07) is 17.2. The number of carbonyl (C=O) groups is 1. The summed E-state index contributed by atoms with van der Waals surface area (Å²) in [5.41, 5.74) is 10.2. The number of fused-ring (bicyclic) bond motifs is 2. The molecule has 0 aliphatic carbocycles. The van der Waals surface area contributed by atoms with Crippen molar-refractivity contribution in [2.45, 2.75) is 70.1 Å². The highest BCUT2D eigenvalue weighted by atomic mass is 16.1. The molecule has 1 unspecified atom stereocenters. The van der Waals surface area contributed by atoms with Gasteiger partial charge in [0.05, 0.1) is 6.04 Å². The Morgan fingerprint density at radius 3 is 2.31 bits per heavy atom. The monoisotopic (exact) mass is 391 g/mol. The Labute approximate surface area is 174 Å². The molecule has 2 saturated heterocycles. The Morgan fingerprint density at radius 1 is 1.10 bits per heavy atom. The van der Waals surface area contributed by atoms with E-state index < -0.39 is 0 Å². The largest absolute Gasteiger partial charge is 0.343 e. The summed E-state index contributed by atoms with van der Waals surface area (Å²) < 4.78 is 0. The van der Waals surface area contributed by atoms with Gasteiger partial charge in [0.1, 0.15) is 0 Å². The van der Waals surface area contributed by atoms with Crippen molar-refractivity contribution in [1.82, 2.24) is 10.2 Å². The van der Waals surface area contributed by atoms with Gasteiger partial charge in [-0.05, 0) is 63.1 Å². The van der Waals surface area contributed by atoms with Crippen LogP contribution in [-0.2, 0) is 0 Å². The number of amides is 1. The molecule has 2 aromatic carbocycles. The highest BCUT2D eigenvalue weighted by molar-refractivity contribution is 5.97. The Balaban J connectivity index is 1.73. The van der Waals surface area contributed by atoms with Crippen LogP contribution in [0, 0.1) is 13.8 Å². The van der Waals surface area contributed by atoms with Crippen molar-refractivity contribution in [1.29, 1.82) is 0 Å². The van der Waals surface area contributed by atoms with Crippen LogP contribution in [0.4, 0.5) is 0 Å². The van der Waals surface area contributed by atoms with Crippen LogP contribution in [0.5, 0.6) is 0 Å². The predicted molar refractivity (Wildman–Crippen MR) is 118 cm³/mol. The molecule has 0 aromatic heterocycles. The quantitative estimate of drug-likeness (QED) is 0.779. The first-order chi connectivity index (χ1) is 13.9. The van der Waals surface area contributed by atoms with Crippen LogP contribution in [0.15, 0.2) is 48.5 Å². The Kier molecular flexibility index (Phi) is 5.50. The molecule has 154 valence electrons. The van der Waals surface area contributed by atoms with Crippen molar-refractivity contribution >= 4 is 5.91 Å². The second kappa shape index (κ2) is 7.92. The number of hydrogen-bond donors (Lipinski definition) is 2. The molecular formula is C25H33N3O. The van der Waals surface area contributed by atoms with Gasteiger partial charge in [0.25, 0.3) is 5.91 Å². The molecule has 0 spiro atoms. The molecule has 2 atom stereocenters. The predicted octanol–water partition coefficient (Wildman–Crippen LogP) is 4.12. The first-order valence-corrected chi connectivity index (χ1v) is 10.9. The van der Waals surface area contributed by atoms with Gasteiger partial charge >= 0.3 is 0 Å². The number of benzene rings is 2. The van der Waals surface area contributed by atoms with Gasteiger partial charge < -0.3 is 11.1 Å². The molecule has 0 radical (unpaired) electrons. The maximum Gasteiger partial charge on any atom is 0.252 e. The molecule has 0 saturated carbocycles. The summed E-state index contributed by atoms with van der Waals surface area (Å²) in [6.07, 6.45) is 4.60. The van der Waals surface area contributed by atoms with Crippen LogP contribution >= 0.6 is 0 Å². The number of hydrogen-bond acceptors (Lipinski definition) is 3. The van der Waals surface area contributed by atoms with E-state index in [0.717, 1.165) is 36.1 Å². The Hall–Kier alpha value is -2.17. The lowest BCUT2D eigenvalue weighted by Gasteiger charge is -2.43. The summed E-state index contributed by atoms with van der Waals surface area (Å²) in [5, 5.41) is 3.47. The van der Waals surface area contributed by atoms with Crippen LogP contribution in [0.2, 0.25) is 0 Å². The SMILES string of the molecule is Cc1cccc(C)c1C(=O)N[C@H](c1ccccc1)C12CCC(CC1)N2CC(C)N. The van der Waals surface area contributed by atoms with Crippen LogP contribution < -0.4 is 11.1 Å². The summed E-state index contributed by atoms with van der Waals surface area (Å²) in [6.45, 7) is 6.99. The average molecular weight is 392 g/mol. The van der Waals surface area contributed by atoms with Gasteiger partial charge in [-0.15, -0.1) is 0 Å². The third kappa shape index (κ3) is 3.60. The molecule has 4 rings (SSSR count). The fourth-order valence-electron chi connectivity index (χ4n) is 5.71. The smallest absolute Gasteiger partial charge is 0.252 e. The molecule has 2 heterocycles. The van der Waals surface area contributed by atoms with Gasteiger partial charge in [-0.3, -0.25) is 9.69 Å². The van der Waals surface area contributed by atoms with E-state index in [9.17, 15) is 4.79 Å². The topological polar surface area (TPSA) is 58.4 Å². The number of nitrogens with two attached hydrogens (primary N) is 1. The van der Waals surface area contributed by atoms with Crippen LogP contribution in [0.3, 0.4) is 0 Å². The van der Waals surface area contributed by atoms with Gasteiger partial charge in [0.2, 0.25) is 0 Å². The zero-order valence-corrected chi connectivity index (χ0v) is 17.8. The number of rotatable bonds is 6. The fourth-order valence-corrected chi connectivity index (χ4v) is 5.71. The van der Waals surface area contributed by atoms with E-state index in [2.05, 4.69) is 41.4 Å². The van der Waals surface area contributed by atoms with E-state index >= 15 is 0 Å². The molecule has 4 heteroatoms. The highest BCUT2D eigenvalue weighted by Crippen LogP contribution is 2.52. The fraction of sp³-hybridized carbons (Fsp3) is 0.480. The number of nitrogens with zero attached hydrogens (tertiary/aromatic N) is 1. The van der Waals surface area contributed by atoms with Gasteiger partial charge in [-0.2, -0.15) is 0 Å². The number of aryl methyl sites for hydroxylation is 2.